The lowest BCUT2D eigenvalue weighted by atomic mass is 10.1. The molecule has 3 aromatic rings. The van der Waals surface area contributed by atoms with Crippen LogP contribution >= 0.6 is 0 Å². The summed E-state index contributed by atoms with van der Waals surface area (Å²) >= 11 is 0. The standard InChI is InChI=1S/C24H29N3O3/c1-17-15-21(29-14-13-27(3)4)7-9-23(17)30-24-10-6-20-16-19(5-8-22(20)26-24)11-12-25-18(2)28/h5-10,15-16H,11-14H2,1-4H3,(H,25,28). The highest BCUT2D eigenvalue weighted by molar-refractivity contribution is 5.80. The number of likely N-dealkylation sites (N-methyl/N-ethyl adjacent to an activating group) is 1. The van der Waals surface area contributed by atoms with Crippen molar-refractivity contribution in [1.29, 1.82) is 0 Å². The first kappa shape index (κ1) is 21.6. The van der Waals surface area contributed by atoms with E-state index in [1.807, 2.05) is 63.5 Å². The van der Waals surface area contributed by atoms with E-state index in [4.69, 9.17) is 9.47 Å². The number of benzene rings is 2. The molecule has 0 bridgehead atoms. The Labute approximate surface area is 177 Å². The maximum atomic E-state index is 11.0. The number of nitrogens with zero attached hydrogens (tertiary/aromatic N) is 2. The topological polar surface area (TPSA) is 63.7 Å². The molecule has 1 heterocycles. The minimum Gasteiger partial charge on any atom is -0.492 e. The van der Waals surface area contributed by atoms with Gasteiger partial charge in [0.2, 0.25) is 11.8 Å². The molecule has 0 aliphatic rings. The lowest BCUT2D eigenvalue weighted by Gasteiger charge is -2.13. The third-order valence-electron chi connectivity index (χ3n) is 4.68. The third-order valence-corrected chi connectivity index (χ3v) is 4.68. The molecule has 6 heteroatoms. The van der Waals surface area contributed by atoms with E-state index in [0.29, 0.717) is 19.0 Å². The van der Waals surface area contributed by atoms with Crippen LogP contribution in [0.5, 0.6) is 17.4 Å². The number of aryl methyl sites for hydroxylation is 1. The molecular formula is C24H29N3O3. The summed E-state index contributed by atoms with van der Waals surface area (Å²) in [4.78, 5) is 17.7. The summed E-state index contributed by atoms with van der Waals surface area (Å²) in [5, 5.41) is 3.86. The van der Waals surface area contributed by atoms with Gasteiger partial charge in [0.05, 0.1) is 5.52 Å². The number of pyridine rings is 1. The van der Waals surface area contributed by atoms with E-state index in [-0.39, 0.29) is 5.91 Å². The van der Waals surface area contributed by atoms with Crippen LogP contribution in [-0.2, 0) is 11.2 Å². The highest BCUT2D eigenvalue weighted by Gasteiger charge is 2.07. The first-order valence-corrected chi connectivity index (χ1v) is 10.1. The Bertz CT molecular complexity index is 1020. The number of rotatable bonds is 9. The summed E-state index contributed by atoms with van der Waals surface area (Å²) in [5.74, 6) is 2.13. The van der Waals surface area contributed by atoms with Gasteiger partial charge in [-0.2, -0.15) is 0 Å². The lowest BCUT2D eigenvalue weighted by molar-refractivity contribution is -0.118. The Balaban J connectivity index is 1.66. The molecule has 0 atom stereocenters. The summed E-state index contributed by atoms with van der Waals surface area (Å²) in [5.41, 5.74) is 3.03. The molecule has 0 saturated carbocycles. The van der Waals surface area contributed by atoms with Gasteiger partial charge in [-0.15, -0.1) is 0 Å². The average molecular weight is 408 g/mol. The molecule has 0 spiro atoms. The van der Waals surface area contributed by atoms with Crippen molar-refractivity contribution in [3.05, 3.63) is 59.7 Å². The molecule has 1 aromatic heterocycles. The second-order valence-corrected chi connectivity index (χ2v) is 7.59. The van der Waals surface area contributed by atoms with Gasteiger partial charge in [0.1, 0.15) is 18.1 Å². The molecule has 158 valence electrons. The van der Waals surface area contributed by atoms with Crippen LogP contribution < -0.4 is 14.8 Å². The van der Waals surface area contributed by atoms with Crippen LogP contribution in [0.3, 0.4) is 0 Å². The number of aromatic nitrogens is 1. The molecule has 6 nitrogen and oxygen atoms in total. The van der Waals surface area contributed by atoms with E-state index < -0.39 is 0 Å². The van der Waals surface area contributed by atoms with Gasteiger partial charge in [0, 0.05) is 31.5 Å². The molecule has 0 aliphatic heterocycles. The van der Waals surface area contributed by atoms with Gasteiger partial charge < -0.3 is 19.7 Å². The van der Waals surface area contributed by atoms with Crippen molar-refractivity contribution in [1.82, 2.24) is 15.2 Å². The van der Waals surface area contributed by atoms with E-state index in [1.165, 1.54) is 6.92 Å². The maximum absolute atomic E-state index is 11.0. The Hall–Kier alpha value is -3.12. The summed E-state index contributed by atoms with van der Waals surface area (Å²) in [7, 11) is 4.05. The van der Waals surface area contributed by atoms with Crippen molar-refractivity contribution < 1.29 is 14.3 Å². The number of hydrogen-bond donors (Lipinski definition) is 1. The van der Waals surface area contributed by atoms with Gasteiger partial charge in [0.25, 0.3) is 0 Å². The van der Waals surface area contributed by atoms with E-state index in [1.54, 1.807) is 0 Å². The number of ether oxygens (including phenoxy) is 2. The van der Waals surface area contributed by atoms with Crippen molar-refractivity contribution in [2.45, 2.75) is 20.3 Å². The van der Waals surface area contributed by atoms with Crippen LogP contribution in [0.4, 0.5) is 0 Å². The van der Waals surface area contributed by atoms with Gasteiger partial charge in [-0.3, -0.25) is 4.79 Å². The van der Waals surface area contributed by atoms with Crippen molar-refractivity contribution >= 4 is 16.8 Å². The van der Waals surface area contributed by atoms with E-state index in [2.05, 4.69) is 21.3 Å². The highest BCUT2D eigenvalue weighted by atomic mass is 16.5. The number of carbonyl (C=O) groups excluding carboxylic acids is 1. The molecule has 0 radical (unpaired) electrons. The maximum Gasteiger partial charge on any atom is 0.219 e. The van der Waals surface area contributed by atoms with Crippen LogP contribution in [0.15, 0.2) is 48.5 Å². The van der Waals surface area contributed by atoms with Gasteiger partial charge in [-0.25, -0.2) is 4.98 Å². The minimum absolute atomic E-state index is 0.0114. The molecule has 0 unspecified atom stereocenters. The first-order valence-electron chi connectivity index (χ1n) is 10.1. The fraction of sp³-hybridized carbons (Fsp3) is 0.333. The van der Waals surface area contributed by atoms with Gasteiger partial charge in [-0.1, -0.05) is 6.07 Å². The number of nitrogens with one attached hydrogen (secondary N) is 1. The Morgan fingerprint density at radius 2 is 1.93 bits per heavy atom. The SMILES string of the molecule is CC(=O)NCCc1ccc2nc(Oc3ccc(OCCN(C)C)cc3C)ccc2c1. The molecular weight excluding hydrogens is 378 g/mol. The molecule has 30 heavy (non-hydrogen) atoms. The van der Waals surface area contributed by atoms with Crippen molar-refractivity contribution in [3.63, 3.8) is 0 Å². The fourth-order valence-electron chi connectivity index (χ4n) is 3.04. The second kappa shape index (κ2) is 10.1. The zero-order valence-corrected chi connectivity index (χ0v) is 18.1. The summed E-state index contributed by atoms with van der Waals surface area (Å²) in [6.45, 7) is 5.67. The number of amides is 1. The van der Waals surface area contributed by atoms with Crippen molar-refractivity contribution in [3.8, 4) is 17.4 Å². The van der Waals surface area contributed by atoms with Crippen molar-refractivity contribution in [2.24, 2.45) is 0 Å². The monoisotopic (exact) mass is 407 g/mol. The van der Waals surface area contributed by atoms with Crippen molar-refractivity contribution in [2.75, 3.05) is 33.8 Å². The molecule has 3 rings (SSSR count). The summed E-state index contributed by atoms with van der Waals surface area (Å²) in [6, 6.07) is 15.8. The smallest absolute Gasteiger partial charge is 0.219 e. The number of hydrogen-bond acceptors (Lipinski definition) is 5. The normalized spacial score (nSPS) is 11.0. The highest BCUT2D eigenvalue weighted by Crippen LogP contribution is 2.28. The quantitative estimate of drug-likeness (QED) is 0.582. The number of fused-ring (bicyclic) bond motifs is 1. The summed E-state index contributed by atoms with van der Waals surface area (Å²) in [6.07, 6.45) is 0.788. The van der Waals surface area contributed by atoms with Crippen LogP contribution in [0.1, 0.15) is 18.1 Å². The Morgan fingerprint density at radius 1 is 1.10 bits per heavy atom. The molecule has 0 fully saturated rings. The third kappa shape index (κ3) is 6.19. The van der Waals surface area contributed by atoms with Gasteiger partial charge >= 0.3 is 0 Å². The molecule has 1 N–H and O–H groups in total. The molecule has 1 amide bonds. The molecule has 2 aromatic carbocycles. The minimum atomic E-state index is -0.0114. The number of carbonyl (C=O) groups is 1. The van der Waals surface area contributed by atoms with Crippen LogP contribution in [-0.4, -0.2) is 49.6 Å². The summed E-state index contributed by atoms with van der Waals surface area (Å²) < 4.78 is 11.8. The van der Waals surface area contributed by atoms with Gasteiger partial charge in [-0.05, 0) is 75.0 Å². The Morgan fingerprint density at radius 3 is 2.67 bits per heavy atom. The van der Waals surface area contributed by atoms with E-state index in [9.17, 15) is 4.79 Å². The fourth-order valence-corrected chi connectivity index (χ4v) is 3.04. The van der Waals surface area contributed by atoms with Crippen LogP contribution in [0.25, 0.3) is 10.9 Å². The lowest BCUT2D eigenvalue weighted by Crippen LogP contribution is -2.22. The zero-order chi connectivity index (χ0) is 21.5. The van der Waals surface area contributed by atoms with Crippen LogP contribution in [0.2, 0.25) is 0 Å². The van der Waals surface area contributed by atoms with Gasteiger partial charge in [0.15, 0.2) is 0 Å². The van der Waals surface area contributed by atoms with E-state index >= 15 is 0 Å². The Kier molecular flexibility index (Phi) is 7.25. The molecule has 0 aliphatic carbocycles. The zero-order valence-electron chi connectivity index (χ0n) is 18.1. The van der Waals surface area contributed by atoms with E-state index in [0.717, 1.165) is 46.5 Å². The largest absolute Gasteiger partial charge is 0.492 e. The second-order valence-electron chi connectivity index (χ2n) is 7.59. The van der Waals surface area contributed by atoms with Crippen LogP contribution in [0, 0.1) is 6.92 Å². The average Bonchev–Trinajstić information content (AvgIpc) is 2.69. The molecule has 0 saturated heterocycles. The first-order chi connectivity index (χ1) is 14.4. The predicted octanol–water partition coefficient (Wildman–Crippen LogP) is 3.95. The predicted molar refractivity (Wildman–Crippen MR) is 119 cm³/mol.